The van der Waals surface area contributed by atoms with E-state index in [9.17, 15) is 4.79 Å². The number of nitrogens with zero attached hydrogens (tertiary/aromatic N) is 3. The smallest absolute Gasteiger partial charge is 0.227 e. The Morgan fingerprint density at radius 3 is 2.46 bits per heavy atom. The van der Waals surface area contributed by atoms with Gasteiger partial charge in [-0.1, -0.05) is 23.7 Å². The highest BCUT2D eigenvalue weighted by Gasteiger charge is 2.34. The summed E-state index contributed by atoms with van der Waals surface area (Å²) in [7, 11) is 0. The summed E-state index contributed by atoms with van der Waals surface area (Å²) in [4.78, 5) is 19.9. The average Bonchev–Trinajstić information content (AvgIpc) is 3.46. The molecule has 1 unspecified atom stereocenters. The molecule has 1 saturated heterocycles. The first-order valence-electron chi connectivity index (χ1n) is 12.8. The van der Waals surface area contributed by atoms with Crippen molar-refractivity contribution in [1.29, 1.82) is 0 Å². The molecule has 5 rings (SSSR count). The molecule has 1 aliphatic heterocycles. The number of imidazole rings is 1. The van der Waals surface area contributed by atoms with Gasteiger partial charge in [-0.05, 0) is 86.8 Å². The summed E-state index contributed by atoms with van der Waals surface area (Å²) in [6.45, 7) is 8.50. The lowest BCUT2D eigenvalue weighted by Gasteiger charge is -2.18. The standard InChI is InChI=1S/C30H32ClN3O3/c1-4-36-24-12-10-23(11-13-24)34-19-22(18-28(34)35)30-32-26-8-5-6-9-27(26)33(30)14-7-15-37-25-16-20(2)29(31)21(3)17-25/h5-6,8-13,16-17,22H,4,7,14-15,18-19H2,1-3H3. The maximum Gasteiger partial charge on any atom is 0.227 e. The van der Waals surface area contributed by atoms with Crippen LogP contribution in [0.1, 0.15) is 42.6 Å². The Hall–Kier alpha value is -3.51. The molecule has 3 aromatic carbocycles. The van der Waals surface area contributed by atoms with Crippen molar-refractivity contribution >= 4 is 34.2 Å². The number of anilines is 1. The summed E-state index contributed by atoms with van der Waals surface area (Å²) in [5, 5.41) is 0.785. The minimum atomic E-state index is 0.0222. The van der Waals surface area contributed by atoms with Gasteiger partial charge in [0.2, 0.25) is 5.91 Å². The number of aryl methyl sites for hydroxylation is 3. The van der Waals surface area contributed by atoms with Gasteiger partial charge in [0.1, 0.15) is 17.3 Å². The van der Waals surface area contributed by atoms with E-state index in [1.54, 1.807) is 0 Å². The number of hydrogen-bond acceptors (Lipinski definition) is 4. The first kappa shape index (κ1) is 25.2. The van der Waals surface area contributed by atoms with E-state index in [0.717, 1.165) is 63.2 Å². The fourth-order valence-corrected chi connectivity index (χ4v) is 5.17. The van der Waals surface area contributed by atoms with Crippen LogP contribution in [-0.2, 0) is 11.3 Å². The second kappa shape index (κ2) is 10.9. The summed E-state index contributed by atoms with van der Waals surface area (Å²) in [5.74, 6) is 2.74. The Bertz CT molecular complexity index is 1390. The molecule has 7 heteroatoms. The zero-order chi connectivity index (χ0) is 25.9. The number of carbonyl (C=O) groups excluding carboxylic acids is 1. The molecular formula is C30H32ClN3O3. The molecule has 0 aliphatic carbocycles. The number of amides is 1. The van der Waals surface area contributed by atoms with E-state index < -0.39 is 0 Å². The number of fused-ring (bicyclic) bond motifs is 1. The van der Waals surface area contributed by atoms with Crippen LogP contribution in [0.5, 0.6) is 11.5 Å². The Morgan fingerprint density at radius 1 is 1.00 bits per heavy atom. The summed E-state index contributed by atoms with van der Waals surface area (Å²) in [6, 6.07) is 19.9. The van der Waals surface area contributed by atoms with Crippen LogP contribution < -0.4 is 14.4 Å². The van der Waals surface area contributed by atoms with E-state index in [-0.39, 0.29) is 11.8 Å². The molecule has 1 amide bonds. The number of ether oxygens (including phenoxy) is 2. The lowest BCUT2D eigenvalue weighted by molar-refractivity contribution is -0.117. The van der Waals surface area contributed by atoms with E-state index in [1.165, 1.54) is 0 Å². The van der Waals surface area contributed by atoms with E-state index >= 15 is 0 Å². The molecule has 1 aliphatic rings. The topological polar surface area (TPSA) is 56.6 Å². The Balaban J connectivity index is 1.31. The molecule has 6 nitrogen and oxygen atoms in total. The highest BCUT2D eigenvalue weighted by molar-refractivity contribution is 6.32. The Labute approximate surface area is 222 Å². The normalized spacial score (nSPS) is 15.5. The molecule has 1 aromatic heterocycles. The number of carbonyl (C=O) groups is 1. The van der Waals surface area contributed by atoms with E-state index in [1.807, 2.05) is 80.3 Å². The third-order valence-corrected chi connectivity index (χ3v) is 7.43. The monoisotopic (exact) mass is 517 g/mol. The first-order chi connectivity index (χ1) is 17.9. The van der Waals surface area contributed by atoms with Crippen LogP contribution in [0.25, 0.3) is 11.0 Å². The minimum Gasteiger partial charge on any atom is -0.494 e. The summed E-state index contributed by atoms with van der Waals surface area (Å²) in [5.41, 5.74) is 4.96. The molecule has 1 atom stereocenters. The quantitative estimate of drug-likeness (QED) is 0.232. The molecule has 0 N–H and O–H groups in total. The first-order valence-corrected chi connectivity index (χ1v) is 13.2. The van der Waals surface area contributed by atoms with Gasteiger partial charge in [-0.25, -0.2) is 4.98 Å². The fourth-order valence-electron chi connectivity index (χ4n) is 5.06. The molecule has 0 spiro atoms. The van der Waals surface area contributed by atoms with Crippen LogP contribution in [0.4, 0.5) is 5.69 Å². The van der Waals surface area contributed by atoms with Crippen molar-refractivity contribution < 1.29 is 14.3 Å². The van der Waals surface area contributed by atoms with Crippen LogP contribution in [0, 0.1) is 13.8 Å². The fraction of sp³-hybridized carbons (Fsp3) is 0.333. The molecule has 0 saturated carbocycles. The number of halogens is 1. The number of benzene rings is 3. The lowest BCUT2D eigenvalue weighted by atomic mass is 10.1. The van der Waals surface area contributed by atoms with Crippen LogP contribution in [-0.4, -0.2) is 35.2 Å². The van der Waals surface area contributed by atoms with Gasteiger partial charge in [0.15, 0.2) is 0 Å². The molecule has 2 heterocycles. The van der Waals surface area contributed by atoms with Gasteiger partial charge in [0, 0.05) is 36.1 Å². The van der Waals surface area contributed by atoms with Crippen molar-refractivity contribution in [2.45, 2.75) is 46.1 Å². The number of hydrogen-bond donors (Lipinski definition) is 0. The Morgan fingerprint density at radius 2 is 1.73 bits per heavy atom. The number of rotatable bonds is 9. The van der Waals surface area contributed by atoms with E-state index in [4.69, 9.17) is 26.1 Å². The van der Waals surface area contributed by atoms with Crippen LogP contribution in [0.3, 0.4) is 0 Å². The van der Waals surface area contributed by atoms with Gasteiger partial charge >= 0.3 is 0 Å². The predicted molar refractivity (Wildman–Crippen MR) is 148 cm³/mol. The van der Waals surface area contributed by atoms with Crippen molar-refractivity contribution in [3.05, 3.63) is 82.6 Å². The number of aromatic nitrogens is 2. The molecule has 0 radical (unpaired) electrons. The van der Waals surface area contributed by atoms with Crippen molar-refractivity contribution in [3.8, 4) is 11.5 Å². The molecule has 0 bridgehead atoms. The van der Waals surface area contributed by atoms with Gasteiger partial charge in [-0.2, -0.15) is 0 Å². The summed E-state index contributed by atoms with van der Waals surface area (Å²) >= 11 is 6.29. The van der Waals surface area contributed by atoms with E-state index in [0.29, 0.717) is 26.2 Å². The molecule has 1 fully saturated rings. The SMILES string of the molecule is CCOc1ccc(N2CC(c3nc4ccccc4n3CCCOc3cc(C)c(Cl)c(C)c3)CC2=O)cc1. The largest absolute Gasteiger partial charge is 0.494 e. The van der Waals surface area contributed by atoms with Crippen molar-refractivity contribution in [2.24, 2.45) is 0 Å². The highest BCUT2D eigenvalue weighted by atomic mass is 35.5. The van der Waals surface area contributed by atoms with Crippen LogP contribution in [0.15, 0.2) is 60.7 Å². The van der Waals surface area contributed by atoms with Crippen molar-refractivity contribution in [3.63, 3.8) is 0 Å². The predicted octanol–water partition coefficient (Wildman–Crippen LogP) is 6.69. The van der Waals surface area contributed by atoms with Crippen molar-refractivity contribution in [1.82, 2.24) is 9.55 Å². The zero-order valence-electron chi connectivity index (χ0n) is 21.5. The molecular weight excluding hydrogens is 486 g/mol. The van der Waals surface area contributed by atoms with Gasteiger partial charge in [-0.3, -0.25) is 4.79 Å². The third kappa shape index (κ3) is 5.30. The summed E-state index contributed by atoms with van der Waals surface area (Å²) in [6.07, 6.45) is 1.26. The zero-order valence-corrected chi connectivity index (χ0v) is 22.3. The maximum absolute atomic E-state index is 13.0. The molecule has 37 heavy (non-hydrogen) atoms. The molecule has 192 valence electrons. The van der Waals surface area contributed by atoms with Gasteiger partial charge in [0.25, 0.3) is 0 Å². The lowest BCUT2D eigenvalue weighted by Crippen LogP contribution is -2.24. The van der Waals surface area contributed by atoms with Crippen LogP contribution in [0.2, 0.25) is 5.02 Å². The second-order valence-electron chi connectivity index (χ2n) is 9.52. The van der Waals surface area contributed by atoms with E-state index in [2.05, 4.69) is 10.6 Å². The van der Waals surface area contributed by atoms with Gasteiger partial charge in [-0.15, -0.1) is 0 Å². The van der Waals surface area contributed by atoms with Gasteiger partial charge in [0.05, 0.1) is 24.2 Å². The number of para-hydroxylation sites is 2. The third-order valence-electron chi connectivity index (χ3n) is 6.84. The minimum absolute atomic E-state index is 0.0222. The van der Waals surface area contributed by atoms with Crippen LogP contribution >= 0.6 is 11.6 Å². The van der Waals surface area contributed by atoms with Gasteiger partial charge < -0.3 is 18.9 Å². The van der Waals surface area contributed by atoms with Crippen molar-refractivity contribution in [2.75, 3.05) is 24.7 Å². The average molecular weight is 518 g/mol. The summed E-state index contributed by atoms with van der Waals surface area (Å²) < 4.78 is 13.9. The maximum atomic E-state index is 13.0. The highest BCUT2D eigenvalue weighted by Crippen LogP contribution is 2.34. The second-order valence-corrected chi connectivity index (χ2v) is 9.89. The Kier molecular flexibility index (Phi) is 7.38. The molecule has 4 aromatic rings.